The second-order valence-electron chi connectivity index (χ2n) is 6.01. The van der Waals surface area contributed by atoms with E-state index in [0.717, 1.165) is 0 Å². The predicted octanol–water partition coefficient (Wildman–Crippen LogP) is 2.12. The van der Waals surface area contributed by atoms with E-state index < -0.39 is 23.8 Å². The number of hydrogen-bond acceptors (Lipinski definition) is 6. The average Bonchev–Trinajstić information content (AvgIpc) is 2.70. The molecule has 0 unspecified atom stereocenters. The number of methoxy groups -OCH3 is 1. The number of urea groups is 1. The van der Waals surface area contributed by atoms with Crippen LogP contribution >= 0.6 is 11.6 Å². The van der Waals surface area contributed by atoms with Crippen LogP contribution in [0.5, 0.6) is 11.5 Å². The molecule has 0 aromatic heterocycles. The molecule has 0 spiro atoms. The zero-order chi connectivity index (χ0) is 21.7. The first-order valence-electron chi connectivity index (χ1n) is 8.61. The van der Waals surface area contributed by atoms with Gasteiger partial charge in [0.25, 0.3) is 17.7 Å². The zero-order valence-electron chi connectivity index (χ0n) is 15.7. The molecule has 30 heavy (non-hydrogen) atoms. The number of rotatable bonds is 6. The molecule has 1 saturated heterocycles. The molecule has 1 aliphatic heterocycles. The van der Waals surface area contributed by atoms with E-state index in [9.17, 15) is 19.2 Å². The summed E-state index contributed by atoms with van der Waals surface area (Å²) in [6.07, 6.45) is 1.22. The van der Waals surface area contributed by atoms with Crippen LogP contribution in [0, 0.1) is 0 Å². The molecule has 0 bridgehead atoms. The molecule has 1 fully saturated rings. The number of carbonyl (C=O) groups is 4. The largest absolute Gasteiger partial charge is 0.495 e. The summed E-state index contributed by atoms with van der Waals surface area (Å²) < 4.78 is 10.7. The van der Waals surface area contributed by atoms with Crippen LogP contribution in [0.4, 0.5) is 10.5 Å². The van der Waals surface area contributed by atoms with Gasteiger partial charge in [0.1, 0.15) is 17.1 Å². The Morgan fingerprint density at radius 2 is 1.77 bits per heavy atom. The molecule has 0 atom stereocenters. The molecule has 0 radical (unpaired) electrons. The Labute approximate surface area is 176 Å². The molecule has 1 aliphatic rings. The van der Waals surface area contributed by atoms with Crippen LogP contribution < -0.4 is 25.4 Å². The third-order valence-electron chi connectivity index (χ3n) is 3.95. The highest BCUT2D eigenvalue weighted by atomic mass is 35.5. The van der Waals surface area contributed by atoms with Crippen molar-refractivity contribution in [2.45, 2.75) is 0 Å². The number of nitrogens with one attached hydrogen (secondary N) is 3. The number of amides is 5. The minimum atomic E-state index is -0.905. The van der Waals surface area contributed by atoms with Gasteiger partial charge in [0, 0.05) is 10.6 Å². The number of imide groups is 2. The number of carbonyl (C=O) groups excluding carboxylic acids is 4. The number of para-hydroxylation sites is 2. The van der Waals surface area contributed by atoms with Crippen LogP contribution in [0.2, 0.25) is 5.02 Å². The fourth-order valence-corrected chi connectivity index (χ4v) is 2.78. The molecular weight excluding hydrogens is 414 g/mol. The summed E-state index contributed by atoms with van der Waals surface area (Å²) in [6.45, 7) is -0.354. The van der Waals surface area contributed by atoms with Gasteiger partial charge in [-0.15, -0.1) is 0 Å². The zero-order valence-corrected chi connectivity index (χ0v) is 16.4. The molecule has 1 heterocycles. The van der Waals surface area contributed by atoms with Crippen LogP contribution in [0.25, 0.3) is 6.08 Å². The van der Waals surface area contributed by atoms with Crippen molar-refractivity contribution in [3.8, 4) is 11.5 Å². The highest BCUT2D eigenvalue weighted by molar-refractivity contribution is 6.32. The van der Waals surface area contributed by atoms with Crippen molar-refractivity contribution in [1.82, 2.24) is 10.6 Å². The van der Waals surface area contributed by atoms with Crippen molar-refractivity contribution in [2.24, 2.45) is 0 Å². The summed E-state index contributed by atoms with van der Waals surface area (Å²) in [6, 6.07) is 10.5. The van der Waals surface area contributed by atoms with Gasteiger partial charge in [0.05, 0.1) is 12.8 Å². The fraction of sp³-hybridized carbons (Fsp3) is 0.100. The Morgan fingerprint density at radius 3 is 2.47 bits per heavy atom. The molecule has 2 aromatic rings. The fourth-order valence-electron chi connectivity index (χ4n) is 2.60. The number of anilines is 1. The topological polar surface area (TPSA) is 123 Å². The molecule has 5 amide bonds. The Hall–Kier alpha value is -3.85. The van der Waals surface area contributed by atoms with E-state index in [1.165, 1.54) is 31.4 Å². The lowest BCUT2D eigenvalue weighted by Crippen LogP contribution is -2.51. The lowest BCUT2D eigenvalue weighted by atomic mass is 10.1. The van der Waals surface area contributed by atoms with E-state index in [1.54, 1.807) is 24.3 Å². The molecule has 9 nitrogen and oxygen atoms in total. The van der Waals surface area contributed by atoms with E-state index in [0.29, 0.717) is 16.5 Å². The van der Waals surface area contributed by atoms with Gasteiger partial charge in [-0.25, -0.2) is 4.79 Å². The number of barbiturate groups is 1. The summed E-state index contributed by atoms with van der Waals surface area (Å²) in [4.78, 5) is 47.3. The maximum atomic E-state index is 12.3. The predicted molar refractivity (Wildman–Crippen MR) is 108 cm³/mol. The summed E-state index contributed by atoms with van der Waals surface area (Å²) in [5, 5.41) is 6.94. The van der Waals surface area contributed by atoms with Gasteiger partial charge in [0.2, 0.25) is 0 Å². The monoisotopic (exact) mass is 429 g/mol. The van der Waals surface area contributed by atoms with Gasteiger partial charge in [-0.3, -0.25) is 25.0 Å². The van der Waals surface area contributed by atoms with Gasteiger partial charge in [-0.05, 0) is 36.4 Å². The summed E-state index contributed by atoms with van der Waals surface area (Å²) in [5.74, 6) is -1.47. The Kier molecular flexibility index (Phi) is 6.33. The van der Waals surface area contributed by atoms with Crippen molar-refractivity contribution in [1.29, 1.82) is 0 Å². The Balaban J connectivity index is 1.76. The minimum Gasteiger partial charge on any atom is -0.495 e. The van der Waals surface area contributed by atoms with Crippen LogP contribution in [-0.2, 0) is 14.4 Å². The first kappa shape index (κ1) is 20.9. The number of benzene rings is 2. The smallest absolute Gasteiger partial charge is 0.328 e. The third kappa shape index (κ3) is 4.95. The Bertz CT molecular complexity index is 1040. The van der Waals surface area contributed by atoms with Crippen molar-refractivity contribution in [3.63, 3.8) is 0 Å². The second-order valence-corrected chi connectivity index (χ2v) is 6.45. The van der Waals surface area contributed by atoms with Gasteiger partial charge in [0.15, 0.2) is 6.61 Å². The van der Waals surface area contributed by atoms with E-state index in [4.69, 9.17) is 21.1 Å². The van der Waals surface area contributed by atoms with Crippen LogP contribution in [0.1, 0.15) is 5.56 Å². The molecule has 3 rings (SSSR count). The highest BCUT2D eigenvalue weighted by Crippen LogP contribution is 2.26. The average molecular weight is 430 g/mol. The van der Waals surface area contributed by atoms with E-state index in [2.05, 4.69) is 5.32 Å². The van der Waals surface area contributed by atoms with Gasteiger partial charge < -0.3 is 14.8 Å². The highest BCUT2D eigenvalue weighted by Gasteiger charge is 2.28. The van der Waals surface area contributed by atoms with Crippen molar-refractivity contribution < 1.29 is 28.7 Å². The van der Waals surface area contributed by atoms with Crippen LogP contribution in [0.3, 0.4) is 0 Å². The molecule has 3 N–H and O–H groups in total. The SMILES string of the molecule is COc1ccccc1NC(=O)COc1ccc(Cl)cc1C=C1C(=O)NC(=O)NC1=O. The first-order chi connectivity index (χ1) is 14.4. The minimum absolute atomic E-state index is 0.208. The van der Waals surface area contributed by atoms with E-state index in [-0.39, 0.29) is 23.5 Å². The van der Waals surface area contributed by atoms with Crippen molar-refractivity contribution >= 4 is 47.1 Å². The van der Waals surface area contributed by atoms with Crippen LogP contribution in [-0.4, -0.2) is 37.5 Å². The van der Waals surface area contributed by atoms with Crippen LogP contribution in [0.15, 0.2) is 48.0 Å². The molecule has 0 aliphatic carbocycles. The Morgan fingerprint density at radius 1 is 1.07 bits per heavy atom. The maximum Gasteiger partial charge on any atom is 0.328 e. The van der Waals surface area contributed by atoms with Crippen molar-refractivity contribution in [2.75, 3.05) is 19.0 Å². The molecule has 154 valence electrons. The lowest BCUT2D eigenvalue weighted by Gasteiger charge is -2.15. The normalized spacial score (nSPS) is 13.3. The third-order valence-corrected chi connectivity index (χ3v) is 4.19. The second kappa shape index (κ2) is 9.10. The van der Waals surface area contributed by atoms with Gasteiger partial charge in [-0.2, -0.15) is 0 Å². The molecule has 0 saturated carbocycles. The molecular formula is C20H16ClN3O6. The molecule has 2 aromatic carbocycles. The molecule has 10 heteroatoms. The summed E-state index contributed by atoms with van der Waals surface area (Å²) >= 11 is 6.00. The number of halogens is 1. The van der Waals surface area contributed by atoms with Crippen molar-refractivity contribution in [3.05, 3.63) is 58.6 Å². The maximum absolute atomic E-state index is 12.3. The first-order valence-corrected chi connectivity index (χ1v) is 8.98. The van der Waals surface area contributed by atoms with E-state index in [1.807, 2.05) is 10.6 Å². The lowest BCUT2D eigenvalue weighted by molar-refractivity contribution is -0.124. The summed E-state index contributed by atoms with van der Waals surface area (Å²) in [7, 11) is 1.49. The quantitative estimate of drug-likeness (QED) is 0.477. The van der Waals surface area contributed by atoms with Gasteiger partial charge >= 0.3 is 6.03 Å². The number of ether oxygens (including phenoxy) is 2. The van der Waals surface area contributed by atoms with E-state index >= 15 is 0 Å². The van der Waals surface area contributed by atoms with Gasteiger partial charge in [-0.1, -0.05) is 23.7 Å². The summed E-state index contributed by atoms with van der Waals surface area (Å²) in [5.41, 5.74) is 0.453. The standard InChI is InChI=1S/C20H16ClN3O6/c1-29-16-5-3-2-4-14(16)22-17(25)10-30-15-7-6-12(21)8-11(15)9-13-18(26)23-20(28)24-19(13)27/h2-9H,10H2,1H3,(H,22,25)(H2,23,24,26,27,28). The number of hydrogen-bond donors (Lipinski definition) is 3.